The van der Waals surface area contributed by atoms with E-state index >= 15 is 0 Å². The molecule has 4 aromatic carbocycles. The Labute approximate surface area is 271 Å². The molecule has 0 saturated carbocycles. The number of benzene rings is 4. The average Bonchev–Trinajstić information content (AvgIpc) is 3.10. The van der Waals surface area contributed by atoms with Crippen molar-refractivity contribution in [1.82, 2.24) is 20.0 Å². The number of amides is 2. The highest BCUT2D eigenvalue weighted by Gasteiger charge is 2.15. The molecule has 0 radical (unpaired) electrons. The van der Waals surface area contributed by atoms with Crippen LogP contribution in [-0.2, 0) is 6.54 Å². The molecule has 0 aliphatic heterocycles. The van der Waals surface area contributed by atoms with E-state index in [1.54, 1.807) is 0 Å². The molecule has 0 saturated heterocycles. The third-order valence-corrected chi connectivity index (χ3v) is 8.58. The Bertz CT molecular complexity index is 1420. The molecule has 236 valence electrons. The topological polar surface area (TPSA) is 38.8 Å². The average molecular weight is 603 g/mol. The maximum absolute atomic E-state index is 13.2. The Kier molecular flexibility index (Phi) is 13.4. The van der Waals surface area contributed by atoms with E-state index in [1.807, 2.05) is 11.0 Å². The molecule has 4 rings (SSSR count). The third-order valence-electron chi connectivity index (χ3n) is 8.58. The maximum Gasteiger partial charge on any atom is 0.317 e. The number of rotatable bonds is 16. The molecule has 0 aliphatic carbocycles. The minimum Gasteiger partial charge on any atom is -0.334 e. The van der Waals surface area contributed by atoms with E-state index < -0.39 is 0 Å². The van der Waals surface area contributed by atoms with Crippen molar-refractivity contribution >= 4 is 18.2 Å². The van der Waals surface area contributed by atoms with Gasteiger partial charge in [-0.15, -0.1) is 0 Å². The number of nitrogens with zero attached hydrogens (tertiary/aromatic N) is 3. The van der Waals surface area contributed by atoms with Crippen molar-refractivity contribution in [2.75, 3.05) is 52.4 Å². The van der Waals surface area contributed by atoms with Crippen molar-refractivity contribution in [3.05, 3.63) is 120 Å². The minimum atomic E-state index is 0.00849. The van der Waals surface area contributed by atoms with Crippen LogP contribution >= 0.6 is 0 Å². The van der Waals surface area contributed by atoms with Crippen molar-refractivity contribution in [3.8, 4) is 22.3 Å². The summed E-state index contributed by atoms with van der Waals surface area (Å²) in [5.41, 5.74) is 8.23. The highest BCUT2D eigenvalue weighted by Crippen LogP contribution is 2.23. The van der Waals surface area contributed by atoms with Gasteiger partial charge in [0.05, 0.1) is 0 Å². The van der Waals surface area contributed by atoms with Crippen LogP contribution in [0.1, 0.15) is 44.4 Å². The zero-order valence-corrected chi connectivity index (χ0v) is 27.6. The van der Waals surface area contributed by atoms with Crippen LogP contribution in [0.4, 0.5) is 4.79 Å². The zero-order chi connectivity index (χ0) is 31.9. The van der Waals surface area contributed by atoms with Gasteiger partial charge in [0.25, 0.3) is 0 Å². The van der Waals surface area contributed by atoms with Crippen LogP contribution in [0.2, 0.25) is 0 Å². The molecule has 0 aliphatic rings. The lowest BCUT2D eigenvalue weighted by molar-refractivity contribution is 0.172. The minimum absolute atomic E-state index is 0.00849. The molecule has 0 atom stereocenters. The molecule has 0 spiro atoms. The van der Waals surface area contributed by atoms with E-state index in [1.165, 1.54) is 22.3 Å². The molecule has 0 aromatic heterocycles. The van der Waals surface area contributed by atoms with E-state index in [4.69, 9.17) is 0 Å². The van der Waals surface area contributed by atoms with Crippen molar-refractivity contribution in [2.45, 2.75) is 34.2 Å². The molecule has 4 aromatic rings. The van der Waals surface area contributed by atoms with Crippen LogP contribution in [0.25, 0.3) is 34.4 Å². The van der Waals surface area contributed by atoms with Gasteiger partial charge in [-0.05, 0) is 65.1 Å². The van der Waals surface area contributed by atoms with E-state index in [-0.39, 0.29) is 6.03 Å². The Morgan fingerprint density at radius 2 is 0.933 bits per heavy atom. The Morgan fingerprint density at radius 1 is 0.533 bits per heavy atom. The van der Waals surface area contributed by atoms with Gasteiger partial charge in [-0.1, -0.05) is 143 Å². The second-order valence-corrected chi connectivity index (χ2v) is 11.3. The van der Waals surface area contributed by atoms with Gasteiger partial charge in [-0.25, -0.2) is 4.79 Å². The highest BCUT2D eigenvalue weighted by atomic mass is 16.2. The van der Waals surface area contributed by atoms with Crippen LogP contribution in [0.15, 0.2) is 103 Å². The Hall–Kier alpha value is -4.19. The number of likely N-dealkylation sites (N-methyl/N-ethyl adjacent to an activating group) is 2. The van der Waals surface area contributed by atoms with Gasteiger partial charge in [-0.2, -0.15) is 0 Å². The molecule has 0 heterocycles. The van der Waals surface area contributed by atoms with Crippen molar-refractivity contribution < 1.29 is 4.79 Å². The van der Waals surface area contributed by atoms with Gasteiger partial charge in [0.1, 0.15) is 0 Å². The molecular formula is C40H50N4O. The molecular weight excluding hydrogens is 552 g/mol. The lowest BCUT2D eigenvalue weighted by atomic mass is 10.0. The van der Waals surface area contributed by atoms with E-state index in [0.29, 0.717) is 6.54 Å². The molecule has 5 nitrogen and oxygen atoms in total. The second kappa shape index (κ2) is 17.9. The number of hydrogen-bond donors (Lipinski definition) is 1. The van der Waals surface area contributed by atoms with Crippen LogP contribution in [-0.4, -0.2) is 73.1 Å². The van der Waals surface area contributed by atoms with Crippen LogP contribution < -0.4 is 5.32 Å². The smallest absolute Gasteiger partial charge is 0.317 e. The van der Waals surface area contributed by atoms with Gasteiger partial charge in [0.15, 0.2) is 0 Å². The summed E-state index contributed by atoms with van der Waals surface area (Å²) in [7, 11) is 0. The van der Waals surface area contributed by atoms with E-state index in [2.05, 4.69) is 152 Å². The van der Waals surface area contributed by atoms with Crippen LogP contribution in [0.3, 0.4) is 0 Å². The molecule has 2 amide bonds. The summed E-state index contributed by atoms with van der Waals surface area (Å²) < 4.78 is 0. The zero-order valence-electron chi connectivity index (χ0n) is 27.6. The van der Waals surface area contributed by atoms with Gasteiger partial charge in [0, 0.05) is 32.7 Å². The quantitative estimate of drug-likeness (QED) is 0.131. The lowest BCUT2D eigenvalue weighted by Gasteiger charge is -2.29. The summed E-state index contributed by atoms with van der Waals surface area (Å²) >= 11 is 0. The number of nitrogens with one attached hydrogen (secondary N) is 1. The first kappa shape index (κ1) is 33.7. The van der Waals surface area contributed by atoms with Gasteiger partial charge < -0.3 is 20.0 Å². The summed E-state index contributed by atoms with van der Waals surface area (Å²) in [6.07, 6.45) is 4.31. The number of carbonyl (C=O) groups excluding carboxylic acids is 1. The Balaban J connectivity index is 1.30. The van der Waals surface area contributed by atoms with Crippen molar-refractivity contribution in [3.63, 3.8) is 0 Å². The van der Waals surface area contributed by atoms with Gasteiger partial charge in [0.2, 0.25) is 0 Å². The Morgan fingerprint density at radius 3 is 1.36 bits per heavy atom. The number of urea groups is 1. The van der Waals surface area contributed by atoms with Gasteiger partial charge in [-0.3, -0.25) is 0 Å². The molecule has 0 fully saturated rings. The largest absolute Gasteiger partial charge is 0.334 e. The third kappa shape index (κ3) is 10.4. The second-order valence-electron chi connectivity index (χ2n) is 11.3. The molecule has 0 bridgehead atoms. The molecule has 45 heavy (non-hydrogen) atoms. The maximum atomic E-state index is 13.2. The van der Waals surface area contributed by atoms with Crippen molar-refractivity contribution in [2.24, 2.45) is 0 Å². The molecule has 5 heteroatoms. The lowest BCUT2D eigenvalue weighted by Crippen LogP contribution is -2.46. The fourth-order valence-electron chi connectivity index (χ4n) is 5.42. The fourth-order valence-corrected chi connectivity index (χ4v) is 5.42. The summed E-state index contributed by atoms with van der Waals surface area (Å²) in [4.78, 5) is 19.9. The van der Waals surface area contributed by atoms with E-state index in [0.717, 1.165) is 69.0 Å². The predicted octanol–water partition coefficient (Wildman–Crippen LogP) is 8.39. The van der Waals surface area contributed by atoms with E-state index in [9.17, 15) is 4.79 Å². The summed E-state index contributed by atoms with van der Waals surface area (Å²) in [6.45, 7) is 16.5. The number of carbonyl (C=O) groups is 1. The SMILES string of the molecule is CCN(CC)CCN(CCN(CC)CC)C(=O)NCc1ccc(-c2ccc(/C=C\c3ccc(-c4ccccc4)cc3)cc2)cc1. The van der Waals surface area contributed by atoms with Crippen molar-refractivity contribution in [1.29, 1.82) is 0 Å². The molecule has 1 N–H and O–H groups in total. The predicted molar refractivity (Wildman–Crippen MR) is 192 cm³/mol. The van der Waals surface area contributed by atoms with Crippen LogP contribution in [0.5, 0.6) is 0 Å². The normalized spacial score (nSPS) is 11.4. The first-order valence-corrected chi connectivity index (χ1v) is 16.5. The first-order chi connectivity index (χ1) is 22.0. The fraction of sp³-hybridized carbons (Fsp3) is 0.325. The monoisotopic (exact) mass is 602 g/mol. The van der Waals surface area contributed by atoms with Crippen LogP contribution in [0, 0.1) is 0 Å². The standard InChI is InChI=1S/C40H50N4O/c1-5-42(6-2)28-30-44(31-29-43(7-3)8-4)40(45)41-32-35-20-26-39(27-21-35)38-24-18-34(19-25-38)15-14-33-16-22-37(23-17-33)36-12-10-9-11-13-36/h9-27H,5-8,28-32H2,1-4H3,(H,41,45)/b15-14-. The summed E-state index contributed by atoms with van der Waals surface area (Å²) in [5, 5.41) is 3.17. The van der Waals surface area contributed by atoms with Gasteiger partial charge >= 0.3 is 6.03 Å². The number of hydrogen-bond acceptors (Lipinski definition) is 3. The summed E-state index contributed by atoms with van der Waals surface area (Å²) in [6, 6.07) is 36.3. The summed E-state index contributed by atoms with van der Waals surface area (Å²) in [5.74, 6) is 0. The molecule has 0 unspecified atom stereocenters. The first-order valence-electron chi connectivity index (χ1n) is 16.5. The highest BCUT2D eigenvalue weighted by molar-refractivity contribution is 5.75.